The monoisotopic (exact) mass is 467 g/mol. The van der Waals surface area contributed by atoms with Gasteiger partial charge in [-0.1, -0.05) is 29.8 Å². The maximum absolute atomic E-state index is 13.6. The molecule has 0 aromatic heterocycles. The van der Waals surface area contributed by atoms with Crippen LogP contribution in [0, 0.1) is 11.7 Å². The van der Waals surface area contributed by atoms with Gasteiger partial charge in [-0.25, -0.2) is 4.39 Å². The average Bonchev–Trinajstić information content (AvgIpc) is 2.76. The molecule has 2 heterocycles. The Kier molecular flexibility index (Phi) is 5.03. The van der Waals surface area contributed by atoms with E-state index in [1.54, 1.807) is 41.3 Å². The molecule has 0 unspecified atom stereocenters. The molecule has 0 aliphatic carbocycles. The van der Waals surface area contributed by atoms with Crippen LogP contribution in [-0.4, -0.2) is 16.7 Å². The van der Waals surface area contributed by atoms with Crippen LogP contribution in [0.4, 0.5) is 15.8 Å². The number of halogens is 2. The van der Waals surface area contributed by atoms with Crippen LogP contribution in [0.3, 0.4) is 0 Å². The van der Waals surface area contributed by atoms with Gasteiger partial charge in [0.05, 0.1) is 6.04 Å². The third-order valence-corrected chi connectivity index (χ3v) is 6.44. The Balaban J connectivity index is 1.60. The smallest absolute Gasteiger partial charge is 0.236 e. The normalized spacial score (nSPS) is 23.6. The van der Waals surface area contributed by atoms with E-state index in [1.165, 1.54) is 12.1 Å². The standard InChI is InChI=1S/C24H19ClFN3O2S/c1-24-20(22(30)27-16-10-6-14(25)7-11-16)21(18-4-2-3-5-19(18)31-24)28-23(32)29(24)17-12-8-15(26)9-13-17/h2-13,20-21H,1H3,(H,27,30)(H,28,32)/t20-,21-,24-/m1/s1. The topological polar surface area (TPSA) is 53.6 Å². The second-order valence-corrected chi connectivity index (χ2v) is 8.73. The molecule has 32 heavy (non-hydrogen) atoms. The molecule has 2 N–H and O–H groups in total. The number of carbonyl (C=O) groups is 1. The molecule has 3 aromatic rings. The van der Waals surface area contributed by atoms with Crippen molar-refractivity contribution in [1.29, 1.82) is 0 Å². The molecular weight excluding hydrogens is 449 g/mol. The third-order valence-electron chi connectivity index (χ3n) is 5.89. The van der Waals surface area contributed by atoms with Crippen LogP contribution in [-0.2, 0) is 4.79 Å². The highest BCUT2D eigenvalue weighted by atomic mass is 35.5. The molecule has 1 amide bonds. The van der Waals surface area contributed by atoms with Crippen molar-refractivity contribution in [2.24, 2.45) is 5.92 Å². The molecule has 162 valence electrons. The van der Waals surface area contributed by atoms with Gasteiger partial charge in [0.1, 0.15) is 17.5 Å². The molecule has 0 spiro atoms. The van der Waals surface area contributed by atoms with E-state index in [1.807, 2.05) is 31.2 Å². The lowest BCUT2D eigenvalue weighted by molar-refractivity contribution is -0.130. The Hall–Kier alpha value is -3.16. The lowest BCUT2D eigenvalue weighted by Crippen LogP contribution is -2.72. The fraction of sp³-hybridized carbons (Fsp3) is 0.167. The summed E-state index contributed by atoms with van der Waals surface area (Å²) < 4.78 is 20.1. The number of para-hydroxylation sites is 1. The van der Waals surface area contributed by atoms with Gasteiger partial charge in [0.25, 0.3) is 0 Å². The summed E-state index contributed by atoms with van der Waals surface area (Å²) in [5.41, 5.74) is 0.932. The number of hydrogen-bond acceptors (Lipinski definition) is 3. The number of nitrogens with zero attached hydrogens (tertiary/aromatic N) is 1. The van der Waals surface area contributed by atoms with Crippen molar-refractivity contribution in [2.45, 2.75) is 18.7 Å². The minimum absolute atomic E-state index is 0.239. The Bertz CT molecular complexity index is 1200. The lowest BCUT2D eigenvalue weighted by Gasteiger charge is -2.56. The van der Waals surface area contributed by atoms with Crippen molar-refractivity contribution in [3.63, 3.8) is 0 Å². The van der Waals surface area contributed by atoms with Crippen molar-refractivity contribution in [2.75, 3.05) is 10.2 Å². The summed E-state index contributed by atoms with van der Waals surface area (Å²) in [5, 5.41) is 7.27. The number of ether oxygens (including phenoxy) is 1. The fourth-order valence-corrected chi connectivity index (χ4v) is 5.00. The number of anilines is 2. The highest BCUT2D eigenvalue weighted by Gasteiger charge is 2.59. The largest absolute Gasteiger partial charge is 0.467 e. The van der Waals surface area contributed by atoms with Gasteiger partial charge in [-0.2, -0.15) is 0 Å². The predicted octanol–water partition coefficient (Wildman–Crippen LogP) is 5.28. The first-order valence-corrected chi connectivity index (χ1v) is 10.9. The number of amides is 1. The summed E-state index contributed by atoms with van der Waals surface area (Å²) in [6.45, 7) is 1.83. The van der Waals surface area contributed by atoms with Crippen molar-refractivity contribution >= 4 is 46.2 Å². The summed E-state index contributed by atoms with van der Waals surface area (Å²) in [6, 6.07) is 20.0. The van der Waals surface area contributed by atoms with E-state index in [9.17, 15) is 9.18 Å². The van der Waals surface area contributed by atoms with Crippen LogP contribution in [0.1, 0.15) is 18.5 Å². The zero-order chi connectivity index (χ0) is 22.5. The molecule has 1 fully saturated rings. The predicted molar refractivity (Wildman–Crippen MR) is 126 cm³/mol. The Labute approximate surface area is 195 Å². The molecule has 3 aromatic carbocycles. The first-order chi connectivity index (χ1) is 15.4. The zero-order valence-corrected chi connectivity index (χ0v) is 18.6. The van der Waals surface area contributed by atoms with Crippen molar-refractivity contribution in [3.8, 4) is 5.75 Å². The number of rotatable bonds is 3. The summed E-state index contributed by atoms with van der Waals surface area (Å²) in [6.07, 6.45) is 0. The van der Waals surface area contributed by atoms with Crippen LogP contribution >= 0.6 is 23.8 Å². The van der Waals surface area contributed by atoms with Gasteiger partial charge in [0.2, 0.25) is 5.91 Å². The number of fused-ring (bicyclic) bond motifs is 4. The van der Waals surface area contributed by atoms with Crippen LogP contribution in [0.5, 0.6) is 5.75 Å². The van der Waals surface area contributed by atoms with E-state index in [4.69, 9.17) is 28.6 Å². The van der Waals surface area contributed by atoms with Crippen molar-refractivity contribution in [1.82, 2.24) is 5.32 Å². The van der Waals surface area contributed by atoms with Crippen molar-refractivity contribution in [3.05, 3.63) is 89.2 Å². The molecule has 8 heteroatoms. The maximum atomic E-state index is 13.6. The molecule has 1 saturated heterocycles. The van der Waals surface area contributed by atoms with Crippen molar-refractivity contribution < 1.29 is 13.9 Å². The summed E-state index contributed by atoms with van der Waals surface area (Å²) in [4.78, 5) is 15.4. The van der Waals surface area contributed by atoms with E-state index in [-0.39, 0.29) is 11.7 Å². The number of hydrogen-bond donors (Lipinski definition) is 2. The van der Waals surface area contributed by atoms with Gasteiger partial charge in [-0.15, -0.1) is 0 Å². The zero-order valence-electron chi connectivity index (χ0n) is 17.0. The molecule has 2 aliphatic heterocycles. The van der Waals surface area contributed by atoms with Gasteiger partial charge >= 0.3 is 0 Å². The van der Waals surface area contributed by atoms with Crippen LogP contribution in [0.15, 0.2) is 72.8 Å². The Morgan fingerprint density at radius 3 is 2.53 bits per heavy atom. The summed E-state index contributed by atoms with van der Waals surface area (Å²) in [5.74, 6) is -0.612. The Morgan fingerprint density at radius 1 is 1.12 bits per heavy atom. The molecule has 2 bridgehead atoms. The number of nitrogens with one attached hydrogen (secondary N) is 2. The van der Waals surface area contributed by atoms with Crippen LogP contribution < -0.4 is 20.3 Å². The molecule has 5 rings (SSSR count). The Morgan fingerprint density at radius 2 is 1.81 bits per heavy atom. The number of benzene rings is 3. The van der Waals surface area contributed by atoms with Gasteiger partial charge < -0.3 is 15.4 Å². The van der Waals surface area contributed by atoms with Gasteiger partial charge in [0, 0.05) is 22.0 Å². The van der Waals surface area contributed by atoms with Gasteiger partial charge in [0.15, 0.2) is 10.8 Å². The highest BCUT2D eigenvalue weighted by Crippen LogP contribution is 2.49. The molecule has 2 aliphatic rings. The van der Waals surface area contributed by atoms with Crippen LogP contribution in [0.2, 0.25) is 5.02 Å². The SMILES string of the molecule is C[C@]12Oc3ccccc3[C@@H](NC(=S)N1c1ccc(F)cc1)[C@@H]2C(=O)Nc1ccc(Cl)cc1. The van der Waals surface area contributed by atoms with Crippen LogP contribution in [0.25, 0.3) is 0 Å². The fourth-order valence-electron chi connectivity index (χ4n) is 4.46. The van der Waals surface area contributed by atoms with Gasteiger partial charge in [-0.3, -0.25) is 9.69 Å². The quantitative estimate of drug-likeness (QED) is 0.513. The molecular formula is C24H19ClFN3O2S. The molecule has 3 atom stereocenters. The van der Waals surface area contributed by atoms with E-state index in [2.05, 4.69) is 10.6 Å². The van der Waals surface area contributed by atoms with E-state index in [0.717, 1.165) is 5.56 Å². The van der Waals surface area contributed by atoms with E-state index in [0.29, 0.717) is 27.3 Å². The van der Waals surface area contributed by atoms with E-state index < -0.39 is 17.7 Å². The van der Waals surface area contributed by atoms with E-state index >= 15 is 0 Å². The third kappa shape index (κ3) is 3.38. The second-order valence-electron chi connectivity index (χ2n) is 7.91. The average molecular weight is 468 g/mol. The first-order valence-electron chi connectivity index (χ1n) is 10.1. The number of thiocarbonyl (C=S) groups is 1. The summed E-state index contributed by atoms with van der Waals surface area (Å²) >= 11 is 11.7. The maximum Gasteiger partial charge on any atom is 0.236 e. The lowest BCUT2D eigenvalue weighted by atomic mass is 9.78. The highest BCUT2D eigenvalue weighted by molar-refractivity contribution is 7.80. The summed E-state index contributed by atoms with van der Waals surface area (Å²) in [7, 11) is 0. The molecule has 5 nitrogen and oxygen atoms in total. The first kappa shape index (κ1) is 20.7. The number of carbonyl (C=O) groups excluding carboxylic acids is 1. The second kappa shape index (κ2) is 7.76. The molecule has 0 saturated carbocycles. The molecule has 0 radical (unpaired) electrons. The minimum atomic E-state index is -1.16. The minimum Gasteiger partial charge on any atom is -0.467 e. The van der Waals surface area contributed by atoms with Gasteiger partial charge in [-0.05, 0) is 73.7 Å².